The molecule has 1 unspecified atom stereocenters. The number of amides is 1. The molecular formula is C19H23N3O2. The molecule has 2 aromatic rings. The van der Waals surface area contributed by atoms with E-state index < -0.39 is 0 Å². The van der Waals surface area contributed by atoms with Gasteiger partial charge in [-0.1, -0.05) is 53.7 Å². The number of hydrogen-bond donors (Lipinski definition) is 2. The Bertz CT molecular complexity index is 727. The van der Waals surface area contributed by atoms with Gasteiger partial charge in [-0.3, -0.25) is 4.79 Å². The van der Waals surface area contributed by atoms with Crippen LogP contribution in [0.1, 0.15) is 35.2 Å². The number of rotatable bonds is 6. The zero-order chi connectivity index (χ0) is 17.5. The number of carbonyl (C=O) groups excluding carboxylic acids is 1. The van der Waals surface area contributed by atoms with Crippen molar-refractivity contribution in [2.75, 3.05) is 6.61 Å². The predicted octanol–water partition coefficient (Wildman–Crippen LogP) is 2.82. The first-order valence-corrected chi connectivity index (χ1v) is 7.84. The first-order valence-electron chi connectivity index (χ1n) is 7.84. The summed E-state index contributed by atoms with van der Waals surface area (Å²) in [6, 6.07) is 15.3. The van der Waals surface area contributed by atoms with Gasteiger partial charge < -0.3 is 15.9 Å². The molecule has 2 rings (SSSR count). The first kappa shape index (κ1) is 17.5. The Balaban J connectivity index is 1.85. The molecule has 5 heteroatoms. The number of oxime groups is 1. The number of aryl methyl sites for hydroxylation is 2. The van der Waals surface area contributed by atoms with Crippen LogP contribution in [0.4, 0.5) is 0 Å². The van der Waals surface area contributed by atoms with Crippen molar-refractivity contribution in [3.63, 3.8) is 0 Å². The summed E-state index contributed by atoms with van der Waals surface area (Å²) in [4.78, 5) is 17.0. The number of benzene rings is 2. The van der Waals surface area contributed by atoms with Crippen LogP contribution in [0.25, 0.3) is 0 Å². The molecule has 1 amide bonds. The van der Waals surface area contributed by atoms with Gasteiger partial charge in [-0.2, -0.15) is 0 Å². The molecule has 2 aromatic carbocycles. The minimum atomic E-state index is -0.245. The van der Waals surface area contributed by atoms with Crippen molar-refractivity contribution in [2.45, 2.75) is 26.8 Å². The van der Waals surface area contributed by atoms with E-state index in [4.69, 9.17) is 10.6 Å². The average molecular weight is 325 g/mol. The van der Waals surface area contributed by atoms with Gasteiger partial charge in [0.25, 0.3) is 5.91 Å². The standard InChI is InChI=1S/C19H23N3O2/c1-13-9-10-17(11-14(13)2)15(3)21-18(23)12-24-22-19(20)16-7-5-4-6-8-16/h4-11,15H,12H2,1-3H3,(H2,20,22)(H,21,23). The molecule has 24 heavy (non-hydrogen) atoms. The third-order valence-electron chi connectivity index (χ3n) is 3.84. The highest BCUT2D eigenvalue weighted by atomic mass is 16.6. The minimum absolute atomic E-state index is 0.101. The average Bonchev–Trinajstić information content (AvgIpc) is 2.58. The van der Waals surface area contributed by atoms with Gasteiger partial charge in [-0.15, -0.1) is 0 Å². The fourth-order valence-electron chi connectivity index (χ4n) is 2.22. The Labute approximate surface area is 142 Å². The summed E-state index contributed by atoms with van der Waals surface area (Å²) in [6.07, 6.45) is 0. The third-order valence-corrected chi connectivity index (χ3v) is 3.84. The first-order chi connectivity index (χ1) is 11.5. The lowest BCUT2D eigenvalue weighted by atomic mass is 10.0. The maximum atomic E-state index is 12.0. The maximum absolute atomic E-state index is 12.0. The van der Waals surface area contributed by atoms with E-state index in [-0.39, 0.29) is 24.4 Å². The van der Waals surface area contributed by atoms with Crippen molar-refractivity contribution < 1.29 is 9.63 Å². The van der Waals surface area contributed by atoms with Gasteiger partial charge in [-0.25, -0.2) is 0 Å². The van der Waals surface area contributed by atoms with Crippen molar-refractivity contribution in [2.24, 2.45) is 10.9 Å². The molecule has 0 aliphatic rings. The smallest absolute Gasteiger partial charge is 0.261 e. The number of hydrogen-bond acceptors (Lipinski definition) is 3. The maximum Gasteiger partial charge on any atom is 0.261 e. The summed E-state index contributed by atoms with van der Waals surface area (Å²) >= 11 is 0. The van der Waals surface area contributed by atoms with E-state index in [9.17, 15) is 4.79 Å². The Kier molecular flexibility index (Phi) is 5.95. The molecule has 0 fully saturated rings. The van der Waals surface area contributed by atoms with E-state index in [1.807, 2.05) is 43.3 Å². The van der Waals surface area contributed by atoms with Crippen LogP contribution in [0, 0.1) is 13.8 Å². The lowest BCUT2D eigenvalue weighted by Gasteiger charge is -2.15. The Morgan fingerprint density at radius 2 is 1.88 bits per heavy atom. The summed E-state index contributed by atoms with van der Waals surface area (Å²) in [5.41, 5.74) is 10.0. The Morgan fingerprint density at radius 3 is 2.54 bits per heavy atom. The normalized spacial score (nSPS) is 12.5. The molecule has 0 aromatic heterocycles. The van der Waals surface area contributed by atoms with Crippen molar-refractivity contribution in [3.8, 4) is 0 Å². The van der Waals surface area contributed by atoms with Crippen LogP contribution in [-0.4, -0.2) is 18.3 Å². The SMILES string of the molecule is Cc1ccc(C(C)NC(=O)CO/N=C(\N)c2ccccc2)cc1C. The lowest BCUT2D eigenvalue weighted by Crippen LogP contribution is -2.30. The summed E-state index contributed by atoms with van der Waals surface area (Å²) in [5.74, 6) is -0.00375. The van der Waals surface area contributed by atoms with Crippen LogP contribution >= 0.6 is 0 Å². The van der Waals surface area contributed by atoms with Gasteiger partial charge in [0.05, 0.1) is 6.04 Å². The van der Waals surface area contributed by atoms with Crippen LogP contribution < -0.4 is 11.1 Å². The van der Waals surface area contributed by atoms with Crippen molar-refractivity contribution >= 4 is 11.7 Å². The van der Waals surface area contributed by atoms with Gasteiger partial charge in [0, 0.05) is 5.56 Å². The summed E-state index contributed by atoms with van der Waals surface area (Å²) in [5, 5.41) is 6.66. The molecule has 0 bridgehead atoms. The van der Waals surface area contributed by atoms with E-state index in [1.165, 1.54) is 11.1 Å². The van der Waals surface area contributed by atoms with Gasteiger partial charge in [0.15, 0.2) is 12.4 Å². The second-order valence-corrected chi connectivity index (χ2v) is 5.75. The van der Waals surface area contributed by atoms with Gasteiger partial charge in [0.2, 0.25) is 0 Å². The van der Waals surface area contributed by atoms with Crippen LogP contribution in [0.5, 0.6) is 0 Å². The molecule has 0 aliphatic heterocycles. The molecule has 1 atom stereocenters. The molecule has 0 radical (unpaired) electrons. The van der Waals surface area contributed by atoms with E-state index in [0.717, 1.165) is 11.1 Å². The zero-order valence-corrected chi connectivity index (χ0v) is 14.2. The highest BCUT2D eigenvalue weighted by molar-refractivity contribution is 5.97. The molecule has 0 heterocycles. The molecule has 5 nitrogen and oxygen atoms in total. The topological polar surface area (TPSA) is 76.7 Å². The Morgan fingerprint density at radius 1 is 1.17 bits per heavy atom. The second kappa shape index (κ2) is 8.15. The van der Waals surface area contributed by atoms with E-state index >= 15 is 0 Å². The second-order valence-electron chi connectivity index (χ2n) is 5.75. The van der Waals surface area contributed by atoms with Gasteiger partial charge in [0.1, 0.15) is 0 Å². The summed E-state index contributed by atoms with van der Waals surface area (Å²) < 4.78 is 0. The van der Waals surface area contributed by atoms with Crippen LogP contribution in [-0.2, 0) is 9.63 Å². The molecule has 3 N–H and O–H groups in total. The van der Waals surface area contributed by atoms with E-state index in [0.29, 0.717) is 0 Å². The van der Waals surface area contributed by atoms with Crippen LogP contribution in [0.3, 0.4) is 0 Å². The molecule has 0 saturated heterocycles. The van der Waals surface area contributed by atoms with E-state index in [1.54, 1.807) is 0 Å². The monoisotopic (exact) mass is 325 g/mol. The zero-order valence-electron chi connectivity index (χ0n) is 14.2. The van der Waals surface area contributed by atoms with Crippen LogP contribution in [0.15, 0.2) is 53.7 Å². The third kappa shape index (κ3) is 4.84. The number of amidine groups is 1. The van der Waals surface area contributed by atoms with Crippen molar-refractivity contribution in [3.05, 3.63) is 70.8 Å². The van der Waals surface area contributed by atoms with E-state index in [2.05, 4.69) is 36.5 Å². The highest BCUT2D eigenvalue weighted by Gasteiger charge is 2.10. The Hall–Kier alpha value is -2.82. The number of carbonyl (C=O) groups is 1. The number of nitrogens with two attached hydrogens (primary N) is 1. The summed E-state index contributed by atoms with van der Waals surface area (Å²) in [7, 11) is 0. The fourth-order valence-corrected chi connectivity index (χ4v) is 2.22. The van der Waals surface area contributed by atoms with Gasteiger partial charge in [-0.05, 0) is 37.5 Å². The molecule has 0 saturated carbocycles. The number of nitrogens with zero attached hydrogens (tertiary/aromatic N) is 1. The number of nitrogens with one attached hydrogen (secondary N) is 1. The predicted molar refractivity (Wildman–Crippen MR) is 95.6 cm³/mol. The summed E-state index contributed by atoms with van der Waals surface area (Å²) in [6.45, 7) is 5.87. The lowest BCUT2D eigenvalue weighted by molar-refractivity contribution is -0.126. The van der Waals surface area contributed by atoms with Crippen molar-refractivity contribution in [1.29, 1.82) is 0 Å². The highest BCUT2D eigenvalue weighted by Crippen LogP contribution is 2.16. The van der Waals surface area contributed by atoms with Crippen molar-refractivity contribution in [1.82, 2.24) is 5.32 Å². The quantitative estimate of drug-likeness (QED) is 0.487. The minimum Gasteiger partial charge on any atom is -0.384 e. The molecule has 0 spiro atoms. The van der Waals surface area contributed by atoms with Gasteiger partial charge >= 0.3 is 0 Å². The molecule has 126 valence electrons. The van der Waals surface area contributed by atoms with Crippen LogP contribution in [0.2, 0.25) is 0 Å². The molecular weight excluding hydrogens is 302 g/mol. The fraction of sp³-hybridized carbons (Fsp3) is 0.263. The molecule has 0 aliphatic carbocycles. The largest absolute Gasteiger partial charge is 0.384 e.